The van der Waals surface area contributed by atoms with Crippen molar-refractivity contribution in [3.8, 4) is 17.2 Å². The van der Waals surface area contributed by atoms with E-state index in [1.807, 2.05) is 56.3 Å². The summed E-state index contributed by atoms with van der Waals surface area (Å²) in [5.41, 5.74) is 2.12. The topological polar surface area (TPSA) is 60.0 Å². The molecule has 0 spiro atoms. The Balaban J connectivity index is 1.42. The summed E-state index contributed by atoms with van der Waals surface area (Å²) >= 11 is 0. The fourth-order valence-electron chi connectivity index (χ4n) is 3.78. The van der Waals surface area contributed by atoms with Crippen molar-refractivity contribution in [3.63, 3.8) is 0 Å². The number of hydrogen-bond donors (Lipinski definition) is 1. The summed E-state index contributed by atoms with van der Waals surface area (Å²) in [6.45, 7) is 7.74. The number of rotatable bonds is 11. The quantitative estimate of drug-likeness (QED) is 0.567. The van der Waals surface area contributed by atoms with Gasteiger partial charge in [0.15, 0.2) is 11.5 Å². The minimum atomic E-state index is 0.0310. The predicted molar refractivity (Wildman–Crippen MR) is 127 cm³/mol. The summed E-state index contributed by atoms with van der Waals surface area (Å²) in [4.78, 5) is 14.7. The van der Waals surface area contributed by atoms with Gasteiger partial charge in [0, 0.05) is 26.1 Å². The van der Waals surface area contributed by atoms with Gasteiger partial charge in [-0.05, 0) is 75.5 Å². The maximum atomic E-state index is 12.3. The molecule has 0 unspecified atom stereocenters. The van der Waals surface area contributed by atoms with Crippen molar-refractivity contribution in [1.82, 2.24) is 10.2 Å². The molecule has 1 heterocycles. The summed E-state index contributed by atoms with van der Waals surface area (Å²) in [6.07, 6.45) is 3.50. The van der Waals surface area contributed by atoms with E-state index < -0.39 is 0 Å². The second-order valence-electron chi connectivity index (χ2n) is 8.19. The van der Waals surface area contributed by atoms with E-state index in [9.17, 15) is 4.79 Å². The molecule has 0 aromatic heterocycles. The highest BCUT2D eigenvalue weighted by Gasteiger charge is 2.17. The SMILES string of the molecule is CCOc1ccc(CCC(=O)NCc2ccc(OC3CCN(C)CC3)cc2)cc1OCC. The van der Waals surface area contributed by atoms with Gasteiger partial charge in [-0.15, -0.1) is 0 Å². The highest BCUT2D eigenvalue weighted by atomic mass is 16.5. The van der Waals surface area contributed by atoms with Crippen LogP contribution in [0.2, 0.25) is 0 Å². The van der Waals surface area contributed by atoms with Crippen LogP contribution in [-0.2, 0) is 17.8 Å². The van der Waals surface area contributed by atoms with Crippen molar-refractivity contribution in [1.29, 1.82) is 0 Å². The molecule has 0 radical (unpaired) electrons. The van der Waals surface area contributed by atoms with Gasteiger partial charge in [-0.3, -0.25) is 4.79 Å². The van der Waals surface area contributed by atoms with Gasteiger partial charge in [-0.25, -0.2) is 0 Å². The normalized spacial score (nSPS) is 14.7. The number of amides is 1. The molecule has 0 saturated carbocycles. The van der Waals surface area contributed by atoms with Gasteiger partial charge in [0.25, 0.3) is 0 Å². The summed E-state index contributed by atoms with van der Waals surface area (Å²) in [5.74, 6) is 2.40. The van der Waals surface area contributed by atoms with Crippen LogP contribution in [-0.4, -0.2) is 50.3 Å². The Labute approximate surface area is 191 Å². The lowest BCUT2D eigenvalue weighted by Gasteiger charge is -2.29. The van der Waals surface area contributed by atoms with Crippen LogP contribution in [0.15, 0.2) is 42.5 Å². The van der Waals surface area contributed by atoms with Crippen LogP contribution in [0.5, 0.6) is 17.2 Å². The molecule has 174 valence electrons. The molecule has 1 N–H and O–H groups in total. The number of ether oxygens (including phenoxy) is 3. The minimum Gasteiger partial charge on any atom is -0.490 e. The van der Waals surface area contributed by atoms with Crippen LogP contribution in [0.3, 0.4) is 0 Å². The average Bonchev–Trinajstić information content (AvgIpc) is 2.80. The molecule has 1 saturated heterocycles. The first-order valence-corrected chi connectivity index (χ1v) is 11.7. The molecule has 0 atom stereocenters. The lowest BCUT2D eigenvalue weighted by atomic mass is 10.1. The highest BCUT2D eigenvalue weighted by molar-refractivity contribution is 5.76. The molecule has 1 amide bonds. The van der Waals surface area contributed by atoms with E-state index >= 15 is 0 Å². The molecule has 3 rings (SSSR count). The van der Waals surface area contributed by atoms with Gasteiger partial charge in [-0.2, -0.15) is 0 Å². The third-order valence-electron chi connectivity index (χ3n) is 5.63. The van der Waals surface area contributed by atoms with Gasteiger partial charge in [0.2, 0.25) is 5.91 Å². The van der Waals surface area contributed by atoms with Crippen molar-refractivity contribution in [2.75, 3.05) is 33.4 Å². The van der Waals surface area contributed by atoms with Crippen LogP contribution in [0.25, 0.3) is 0 Å². The van der Waals surface area contributed by atoms with Crippen molar-refractivity contribution >= 4 is 5.91 Å². The van der Waals surface area contributed by atoms with Crippen LogP contribution in [0.1, 0.15) is 44.2 Å². The molecule has 2 aromatic rings. The molecule has 6 heteroatoms. The number of likely N-dealkylation sites (tertiary alicyclic amines) is 1. The number of carbonyl (C=O) groups is 1. The van der Waals surface area contributed by atoms with Gasteiger partial charge in [0.1, 0.15) is 11.9 Å². The number of nitrogens with zero attached hydrogens (tertiary/aromatic N) is 1. The summed E-state index contributed by atoms with van der Waals surface area (Å²) < 4.78 is 17.4. The fourth-order valence-corrected chi connectivity index (χ4v) is 3.78. The van der Waals surface area contributed by atoms with Crippen molar-refractivity contribution in [3.05, 3.63) is 53.6 Å². The molecular weight excluding hydrogens is 404 g/mol. The molecule has 1 fully saturated rings. The number of hydrogen-bond acceptors (Lipinski definition) is 5. The lowest BCUT2D eigenvalue weighted by Crippen LogP contribution is -2.35. The van der Waals surface area contributed by atoms with E-state index in [1.54, 1.807) is 0 Å². The zero-order valence-electron chi connectivity index (χ0n) is 19.6. The summed E-state index contributed by atoms with van der Waals surface area (Å²) in [5, 5.41) is 3.01. The minimum absolute atomic E-state index is 0.0310. The zero-order valence-corrected chi connectivity index (χ0v) is 19.6. The van der Waals surface area contributed by atoms with E-state index in [1.165, 1.54) is 0 Å². The molecule has 1 aliphatic rings. The maximum absolute atomic E-state index is 12.3. The molecule has 1 aliphatic heterocycles. The smallest absolute Gasteiger partial charge is 0.220 e. The molecule has 32 heavy (non-hydrogen) atoms. The number of nitrogens with one attached hydrogen (secondary N) is 1. The number of benzene rings is 2. The first-order chi connectivity index (χ1) is 15.6. The maximum Gasteiger partial charge on any atom is 0.220 e. The number of carbonyl (C=O) groups excluding carboxylic acids is 1. The fraction of sp³-hybridized carbons (Fsp3) is 0.500. The second-order valence-corrected chi connectivity index (χ2v) is 8.19. The van der Waals surface area contributed by atoms with Gasteiger partial charge in [0.05, 0.1) is 13.2 Å². The third-order valence-corrected chi connectivity index (χ3v) is 5.63. The monoisotopic (exact) mass is 440 g/mol. The largest absolute Gasteiger partial charge is 0.490 e. The Hall–Kier alpha value is -2.73. The Morgan fingerprint density at radius 2 is 1.62 bits per heavy atom. The standard InChI is InChI=1S/C26H36N2O4/c1-4-30-24-12-8-20(18-25(24)31-5-2)9-13-26(29)27-19-21-6-10-22(11-7-21)32-23-14-16-28(3)17-15-23/h6-8,10-12,18,23H,4-5,9,13-17,19H2,1-3H3,(H,27,29). The predicted octanol–water partition coefficient (Wildman–Crippen LogP) is 4.21. The van der Waals surface area contributed by atoms with Crippen LogP contribution >= 0.6 is 0 Å². The average molecular weight is 441 g/mol. The molecular formula is C26H36N2O4. The van der Waals surface area contributed by atoms with Crippen molar-refractivity contribution < 1.29 is 19.0 Å². The Morgan fingerprint density at radius 1 is 0.969 bits per heavy atom. The van der Waals surface area contributed by atoms with Crippen LogP contribution in [0, 0.1) is 0 Å². The number of piperidine rings is 1. The Bertz CT molecular complexity index is 845. The molecule has 0 aliphatic carbocycles. The molecule has 2 aromatic carbocycles. The van der Waals surface area contributed by atoms with Gasteiger partial charge in [-0.1, -0.05) is 18.2 Å². The molecule has 6 nitrogen and oxygen atoms in total. The first-order valence-electron chi connectivity index (χ1n) is 11.7. The van der Waals surface area contributed by atoms with Gasteiger partial charge >= 0.3 is 0 Å². The van der Waals surface area contributed by atoms with E-state index in [0.717, 1.165) is 54.3 Å². The van der Waals surface area contributed by atoms with Crippen LogP contribution in [0.4, 0.5) is 0 Å². The first kappa shape index (κ1) is 23.9. The van der Waals surface area contributed by atoms with E-state index in [0.29, 0.717) is 38.7 Å². The van der Waals surface area contributed by atoms with Crippen LogP contribution < -0.4 is 19.5 Å². The van der Waals surface area contributed by atoms with E-state index in [2.05, 4.69) is 17.3 Å². The van der Waals surface area contributed by atoms with Crippen molar-refractivity contribution in [2.45, 2.75) is 52.2 Å². The second kappa shape index (κ2) is 12.3. The Kier molecular flexibility index (Phi) is 9.23. The van der Waals surface area contributed by atoms with E-state index in [-0.39, 0.29) is 5.91 Å². The van der Waals surface area contributed by atoms with Crippen molar-refractivity contribution in [2.24, 2.45) is 0 Å². The zero-order chi connectivity index (χ0) is 22.8. The van der Waals surface area contributed by atoms with Gasteiger partial charge < -0.3 is 24.4 Å². The van der Waals surface area contributed by atoms with E-state index in [4.69, 9.17) is 14.2 Å². The summed E-state index contributed by atoms with van der Waals surface area (Å²) in [7, 11) is 2.15. The third kappa shape index (κ3) is 7.45. The Morgan fingerprint density at radius 3 is 2.31 bits per heavy atom. The molecule has 0 bridgehead atoms. The highest BCUT2D eigenvalue weighted by Crippen LogP contribution is 2.29. The lowest BCUT2D eigenvalue weighted by molar-refractivity contribution is -0.121. The summed E-state index contributed by atoms with van der Waals surface area (Å²) in [6, 6.07) is 13.9. The number of aryl methyl sites for hydroxylation is 1.